The Kier molecular flexibility index (Phi) is 4.86. The van der Waals surface area contributed by atoms with Crippen molar-refractivity contribution >= 4 is 11.6 Å². The summed E-state index contributed by atoms with van der Waals surface area (Å²) in [5.74, 6) is -0.0565. The van der Waals surface area contributed by atoms with Crippen LogP contribution in [0.4, 0.5) is 5.69 Å². The predicted octanol–water partition coefficient (Wildman–Crippen LogP) is 3.15. The van der Waals surface area contributed by atoms with Gasteiger partial charge >= 0.3 is 0 Å². The summed E-state index contributed by atoms with van der Waals surface area (Å²) in [5, 5.41) is 8.27. The minimum absolute atomic E-state index is 0.0565. The van der Waals surface area contributed by atoms with E-state index in [2.05, 4.69) is 72.4 Å². The molecule has 0 atom stereocenters. The Labute approximate surface area is 165 Å². The Hall–Kier alpha value is -3.15. The lowest BCUT2D eigenvalue weighted by molar-refractivity contribution is 0.0740. The summed E-state index contributed by atoms with van der Waals surface area (Å²) in [6.45, 7) is 9.25. The van der Waals surface area contributed by atoms with E-state index in [1.807, 2.05) is 11.0 Å². The summed E-state index contributed by atoms with van der Waals surface area (Å²) < 4.78 is 1.67. The minimum atomic E-state index is -0.0565. The van der Waals surface area contributed by atoms with Crippen LogP contribution in [0.3, 0.4) is 0 Å². The molecule has 0 bridgehead atoms. The standard InChI is InChI=1S/C22H25N5O/c1-16-5-4-6-19(13-16)25-9-11-26(12-10-25)22(28)21-15-27(24-23-21)20-8-7-17(2)18(3)14-20/h4-8,13-15H,9-12H2,1-3H3. The van der Waals surface area contributed by atoms with Gasteiger partial charge in [0.25, 0.3) is 5.91 Å². The van der Waals surface area contributed by atoms with E-state index >= 15 is 0 Å². The van der Waals surface area contributed by atoms with Gasteiger partial charge in [0.1, 0.15) is 0 Å². The molecule has 2 aromatic carbocycles. The fourth-order valence-corrected chi connectivity index (χ4v) is 3.51. The summed E-state index contributed by atoms with van der Waals surface area (Å²) in [6.07, 6.45) is 1.72. The van der Waals surface area contributed by atoms with Crippen LogP contribution in [-0.4, -0.2) is 52.0 Å². The van der Waals surface area contributed by atoms with Gasteiger partial charge in [-0.15, -0.1) is 5.10 Å². The summed E-state index contributed by atoms with van der Waals surface area (Å²) >= 11 is 0. The fourth-order valence-electron chi connectivity index (χ4n) is 3.51. The topological polar surface area (TPSA) is 54.3 Å². The van der Waals surface area contributed by atoms with E-state index in [0.717, 1.165) is 18.8 Å². The van der Waals surface area contributed by atoms with Crippen molar-refractivity contribution < 1.29 is 4.79 Å². The summed E-state index contributed by atoms with van der Waals surface area (Å²) in [5.41, 5.74) is 6.19. The highest BCUT2D eigenvalue weighted by Crippen LogP contribution is 2.19. The number of rotatable bonds is 3. The maximum atomic E-state index is 12.9. The third-order valence-electron chi connectivity index (χ3n) is 5.40. The van der Waals surface area contributed by atoms with E-state index in [1.54, 1.807) is 10.9 Å². The first-order chi connectivity index (χ1) is 13.5. The van der Waals surface area contributed by atoms with E-state index in [4.69, 9.17) is 0 Å². The molecule has 1 aliphatic heterocycles. The second-order valence-electron chi connectivity index (χ2n) is 7.44. The van der Waals surface area contributed by atoms with Crippen molar-refractivity contribution in [3.63, 3.8) is 0 Å². The Bertz CT molecular complexity index is 1000. The van der Waals surface area contributed by atoms with Crippen molar-refractivity contribution in [2.45, 2.75) is 20.8 Å². The lowest BCUT2D eigenvalue weighted by atomic mass is 10.1. The zero-order valence-corrected chi connectivity index (χ0v) is 16.6. The lowest BCUT2D eigenvalue weighted by Crippen LogP contribution is -2.48. The summed E-state index contributed by atoms with van der Waals surface area (Å²) in [6, 6.07) is 14.6. The van der Waals surface area contributed by atoms with Crippen molar-refractivity contribution in [3.05, 3.63) is 71.0 Å². The van der Waals surface area contributed by atoms with Gasteiger partial charge in [0, 0.05) is 31.9 Å². The van der Waals surface area contributed by atoms with Crippen molar-refractivity contribution in [1.82, 2.24) is 19.9 Å². The molecular formula is C22H25N5O. The number of benzene rings is 2. The largest absolute Gasteiger partial charge is 0.368 e. The molecular weight excluding hydrogens is 350 g/mol. The third kappa shape index (κ3) is 3.63. The first kappa shape index (κ1) is 18.2. The van der Waals surface area contributed by atoms with Crippen LogP contribution in [0.5, 0.6) is 0 Å². The first-order valence-electron chi connectivity index (χ1n) is 9.62. The maximum Gasteiger partial charge on any atom is 0.276 e. The van der Waals surface area contributed by atoms with Gasteiger partial charge in [-0.25, -0.2) is 4.68 Å². The van der Waals surface area contributed by atoms with Gasteiger partial charge in [-0.1, -0.05) is 23.4 Å². The number of carbonyl (C=O) groups excluding carboxylic acids is 1. The van der Waals surface area contributed by atoms with Crippen LogP contribution in [0.1, 0.15) is 27.2 Å². The highest BCUT2D eigenvalue weighted by Gasteiger charge is 2.24. The molecule has 1 aliphatic rings. The Balaban J connectivity index is 1.43. The number of amides is 1. The molecule has 4 rings (SSSR count). The number of nitrogens with zero attached hydrogens (tertiary/aromatic N) is 5. The second-order valence-corrected chi connectivity index (χ2v) is 7.44. The number of hydrogen-bond acceptors (Lipinski definition) is 4. The molecule has 1 amide bonds. The highest BCUT2D eigenvalue weighted by atomic mass is 16.2. The van der Waals surface area contributed by atoms with E-state index in [-0.39, 0.29) is 5.91 Å². The number of hydrogen-bond donors (Lipinski definition) is 0. The van der Waals surface area contributed by atoms with Crippen molar-refractivity contribution in [1.29, 1.82) is 0 Å². The molecule has 144 valence electrons. The van der Waals surface area contributed by atoms with Gasteiger partial charge in [-0.05, 0) is 61.7 Å². The monoisotopic (exact) mass is 375 g/mol. The first-order valence-corrected chi connectivity index (χ1v) is 9.62. The van der Waals surface area contributed by atoms with Crippen LogP contribution in [0.15, 0.2) is 48.7 Å². The molecule has 28 heavy (non-hydrogen) atoms. The number of aryl methyl sites for hydroxylation is 3. The fraction of sp³-hybridized carbons (Fsp3) is 0.318. The second kappa shape index (κ2) is 7.46. The van der Waals surface area contributed by atoms with Crippen LogP contribution in [0.25, 0.3) is 5.69 Å². The normalized spacial score (nSPS) is 14.4. The Morgan fingerprint density at radius 3 is 2.39 bits per heavy atom. The van der Waals surface area contributed by atoms with E-state index in [1.165, 1.54) is 22.4 Å². The van der Waals surface area contributed by atoms with Crippen LogP contribution in [0, 0.1) is 20.8 Å². The average Bonchev–Trinajstić information content (AvgIpc) is 3.20. The van der Waals surface area contributed by atoms with Crippen LogP contribution in [-0.2, 0) is 0 Å². The summed E-state index contributed by atoms with van der Waals surface area (Å²) in [4.78, 5) is 17.0. The third-order valence-corrected chi connectivity index (χ3v) is 5.40. The molecule has 0 saturated carbocycles. The quantitative estimate of drug-likeness (QED) is 0.706. The van der Waals surface area contributed by atoms with E-state index in [0.29, 0.717) is 18.8 Å². The van der Waals surface area contributed by atoms with Crippen LogP contribution in [0.2, 0.25) is 0 Å². The molecule has 1 saturated heterocycles. The number of aromatic nitrogens is 3. The molecule has 0 unspecified atom stereocenters. The molecule has 1 fully saturated rings. The maximum absolute atomic E-state index is 12.9. The zero-order chi connectivity index (χ0) is 19.7. The SMILES string of the molecule is Cc1cccc(N2CCN(C(=O)c3cn(-c4ccc(C)c(C)c4)nn3)CC2)c1. The van der Waals surface area contributed by atoms with Gasteiger partial charge < -0.3 is 9.80 Å². The zero-order valence-electron chi connectivity index (χ0n) is 16.6. The highest BCUT2D eigenvalue weighted by molar-refractivity contribution is 5.92. The molecule has 1 aromatic heterocycles. The number of anilines is 1. The number of carbonyl (C=O) groups is 1. The lowest BCUT2D eigenvalue weighted by Gasteiger charge is -2.35. The molecule has 6 heteroatoms. The minimum Gasteiger partial charge on any atom is -0.368 e. The van der Waals surface area contributed by atoms with Gasteiger partial charge in [-0.2, -0.15) is 0 Å². The van der Waals surface area contributed by atoms with Crippen molar-refractivity contribution in [2.75, 3.05) is 31.1 Å². The van der Waals surface area contributed by atoms with Gasteiger partial charge in [-0.3, -0.25) is 4.79 Å². The smallest absolute Gasteiger partial charge is 0.276 e. The summed E-state index contributed by atoms with van der Waals surface area (Å²) in [7, 11) is 0. The van der Waals surface area contributed by atoms with Crippen LogP contribution >= 0.6 is 0 Å². The Morgan fingerprint density at radius 1 is 0.893 bits per heavy atom. The molecule has 3 aromatic rings. The average molecular weight is 375 g/mol. The van der Waals surface area contributed by atoms with Crippen molar-refractivity contribution in [3.8, 4) is 5.69 Å². The van der Waals surface area contributed by atoms with Gasteiger partial charge in [0.15, 0.2) is 5.69 Å². The van der Waals surface area contributed by atoms with Crippen LogP contribution < -0.4 is 4.90 Å². The van der Waals surface area contributed by atoms with Gasteiger partial charge in [0.2, 0.25) is 0 Å². The van der Waals surface area contributed by atoms with E-state index in [9.17, 15) is 4.79 Å². The molecule has 0 spiro atoms. The Morgan fingerprint density at radius 2 is 1.68 bits per heavy atom. The number of piperazine rings is 1. The molecule has 0 N–H and O–H groups in total. The predicted molar refractivity (Wildman–Crippen MR) is 110 cm³/mol. The molecule has 2 heterocycles. The van der Waals surface area contributed by atoms with Crippen molar-refractivity contribution in [2.24, 2.45) is 0 Å². The molecule has 0 aliphatic carbocycles. The molecule has 0 radical (unpaired) electrons. The molecule has 6 nitrogen and oxygen atoms in total. The van der Waals surface area contributed by atoms with E-state index < -0.39 is 0 Å². The van der Waals surface area contributed by atoms with Gasteiger partial charge in [0.05, 0.1) is 11.9 Å².